The maximum Gasteiger partial charge on any atom is 0.194 e. The van der Waals surface area contributed by atoms with Gasteiger partial charge in [0.15, 0.2) is 5.96 Å². The van der Waals surface area contributed by atoms with Crippen LogP contribution in [0.4, 0.5) is 0 Å². The topological polar surface area (TPSA) is 34.1 Å². The molecule has 1 spiro atoms. The first-order chi connectivity index (χ1) is 14.2. The number of nitrogens with zero attached hydrogens (tertiary/aromatic N) is 4. The van der Waals surface area contributed by atoms with Crippen LogP contribution in [0.3, 0.4) is 0 Å². The average molecular weight is 526 g/mol. The largest absolute Gasteiger partial charge is 0.357 e. The summed E-state index contributed by atoms with van der Waals surface area (Å²) in [5.74, 6) is 1.11. The maximum absolute atomic E-state index is 4.97. The Labute approximate surface area is 200 Å². The van der Waals surface area contributed by atoms with Crippen molar-refractivity contribution < 1.29 is 0 Å². The molecule has 1 saturated carbocycles. The third kappa shape index (κ3) is 6.10. The molecule has 0 bridgehead atoms. The molecule has 0 radical (unpaired) electrons. The summed E-state index contributed by atoms with van der Waals surface area (Å²) in [6.07, 6.45) is 6.87. The van der Waals surface area contributed by atoms with E-state index in [1.165, 1.54) is 76.0 Å². The third-order valence-electron chi connectivity index (χ3n) is 7.14. The number of halogens is 1. The smallest absolute Gasteiger partial charge is 0.194 e. The van der Waals surface area contributed by atoms with E-state index in [1.807, 2.05) is 0 Å². The molecule has 1 aromatic rings. The summed E-state index contributed by atoms with van der Waals surface area (Å²) in [5, 5.41) is 3.52. The fraction of sp³-hybridized carbons (Fsp3) is 0.708. The number of likely N-dealkylation sites (tertiary alicyclic amines) is 1. The van der Waals surface area contributed by atoms with Crippen molar-refractivity contribution in [2.24, 2.45) is 10.4 Å². The van der Waals surface area contributed by atoms with E-state index in [2.05, 4.69) is 58.3 Å². The molecular formula is C24H40IN5. The van der Waals surface area contributed by atoms with Gasteiger partial charge in [-0.15, -0.1) is 24.0 Å². The van der Waals surface area contributed by atoms with Crippen LogP contribution in [-0.4, -0.2) is 73.5 Å². The molecule has 5 nitrogen and oxygen atoms in total. The highest BCUT2D eigenvalue weighted by atomic mass is 127. The van der Waals surface area contributed by atoms with Crippen molar-refractivity contribution in [2.75, 3.05) is 52.9 Å². The minimum absolute atomic E-state index is 0. The minimum Gasteiger partial charge on any atom is -0.357 e. The molecule has 168 valence electrons. The summed E-state index contributed by atoms with van der Waals surface area (Å²) >= 11 is 0. The number of hydrogen-bond acceptors (Lipinski definition) is 3. The first-order valence-corrected chi connectivity index (χ1v) is 11.7. The number of aliphatic imine (C=N–C) groups is 1. The number of rotatable bonds is 5. The summed E-state index contributed by atoms with van der Waals surface area (Å²) < 4.78 is 0. The molecule has 2 heterocycles. The molecule has 4 rings (SSSR count). The van der Waals surface area contributed by atoms with Gasteiger partial charge in [0.1, 0.15) is 0 Å². The van der Waals surface area contributed by atoms with Gasteiger partial charge in [-0.2, -0.15) is 0 Å². The fourth-order valence-electron chi connectivity index (χ4n) is 5.06. The first kappa shape index (κ1) is 23.8. The van der Waals surface area contributed by atoms with Crippen LogP contribution in [-0.2, 0) is 13.1 Å². The van der Waals surface area contributed by atoms with Crippen molar-refractivity contribution in [1.82, 2.24) is 20.0 Å². The molecule has 0 unspecified atom stereocenters. The van der Waals surface area contributed by atoms with Gasteiger partial charge in [0.05, 0.1) is 6.54 Å². The quantitative estimate of drug-likeness (QED) is 0.361. The summed E-state index contributed by atoms with van der Waals surface area (Å²) in [7, 11) is 2.23. The maximum atomic E-state index is 4.97. The van der Waals surface area contributed by atoms with E-state index in [-0.39, 0.29) is 24.0 Å². The van der Waals surface area contributed by atoms with Crippen LogP contribution in [0.25, 0.3) is 0 Å². The first-order valence-electron chi connectivity index (χ1n) is 11.7. The molecule has 6 heteroatoms. The lowest BCUT2D eigenvalue weighted by Crippen LogP contribution is -2.42. The Hall–Kier alpha value is -0.860. The van der Waals surface area contributed by atoms with Crippen molar-refractivity contribution in [3.63, 3.8) is 0 Å². The summed E-state index contributed by atoms with van der Waals surface area (Å²) in [4.78, 5) is 12.5. The predicted molar refractivity (Wildman–Crippen MR) is 137 cm³/mol. The third-order valence-corrected chi connectivity index (χ3v) is 7.14. The number of nitrogens with one attached hydrogen (secondary N) is 1. The zero-order valence-corrected chi connectivity index (χ0v) is 21.2. The second kappa shape index (κ2) is 11.1. The lowest BCUT2D eigenvalue weighted by Gasteiger charge is -2.38. The van der Waals surface area contributed by atoms with Crippen LogP contribution >= 0.6 is 24.0 Å². The molecule has 2 saturated heterocycles. The lowest BCUT2D eigenvalue weighted by molar-refractivity contribution is 0.151. The normalized spacial score (nSPS) is 22.5. The Morgan fingerprint density at radius 3 is 2.40 bits per heavy atom. The van der Waals surface area contributed by atoms with E-state index in [1.54, 1.807) is 0 Å². The molecular weight excluding hydrogens is 485 g/mol. The Kier molecular flexibility index (Phi) is 8.83. The van der Waals surface area contributed by atoms with Gasteiger partial charge < -0.3 is 15.1 Å². The fourth-order valence-corrected chi connectivity index (χ4v) is 5.06. The highest BCUT2D eigenvalue weighted by Gasteiger charge is 2.43. The minimum atomic E-state index is 0. The second-order valence-electron chi connectivity index (χ2n) is 9.44. The van der Waals surface area contributed by atoms with E-state index in [0.29, 0.717) is 5.41 Å². The monoisotopic (exact) mass is 525 g/mol. The molecule has 0 atom stereocenters. The number of benzene rings is 1. The predicted octanol–water partition coefficient (Wildman–Crippen LogP) is 3.78. The number of likely N-dealkylation sites (N-methyl/N-ethyl adjacent to an activating group) is 1. The number of guanidine groups is 1. The highest BCUT2D eigenvalue weighted by molar-refractivity contribution is 14.0. The van der Waals surface area contributed by atoms with Gasteiger partial charge in [0.25, 0.3) is 0 Å². The Bertz CT molecular complexity index is 685. The second-order valence-corrected chi connectivity index (χ2v) is 9.44. The Balaban J connectivity index is 0.00000256. The zero-order valence-electron chi connectivity index (χ0n) is 18.9. The Morgan fingerprint density at radius 2 is 1.73 bits per heavy atom. The van der Waals surface area contributed by atoms with Crippen molar-refractivity contribution >= 4 is 29.9 Å². The van der Waals surface area contributed by atoms with Gasteiger partial charge in [-0.3, -0.25) is 4.90 Å². The van der Waals surface area contributed by atoms with E-state index < -0.39 is 0 Å². The summed E-state index contributed by atoms with van der Waals surface area (Å²) in [6, 6.07) is 9.13. The van der Waals surface area contributed by atoms with Crippen LogP contribution in [0.2, 0.25) is 0 Å². The van der Waals surface area contributed by atoms with Crippen molar-refractivity contribution in [3.05, 3.63) is 35.4 Å². The van der Waals surface area contributed by atoms with Crippen molar-refractivity contribution in [3.8, 4) is 0 Å². The molecule has 3 fully saturated rings. The molecule has 3 aliphatic rings. The van der Waals surface area contributed by atoms with Crippen LogP contribution < -0.4 is 5.32 Å². The lowest BCUT2D eigenvalue weighted by atomic mass is 9.68. The highest BCUT2D eigenvalue weighted by Crippen LogP contribution is 2.47. The molecule has 1 aromatic carbocycles. The van der Waals surface area contributed by atoms with E-state index in [9.17, 15) is 0 Å². The molecule has 0 amide bonds. The van der Waals surface area contributed by atoms with E-state index in [0.717, 1.165) is 32.1 Å². The van der Waals surface area contributed by atoms with Crippen LogP contribution in [0.15, 0.2) is 29.3 Å². The Morgan fingerprint density at radius 1 is 0.967 bits per heavy atom. The van der Waals surface area contributed by atoms with Crippen molar-refractivity contribution in [1.29, 1.82) is 0 Å². The van der Waals surface area contributed by atoms with Crippen LogP contribution in [0.1, 0.15) is 50.2 Å². The molecule has 2 aliphatic heterocycles. The van der Waals surface area contributed by atoms with Gasteiger partial charge in [-0.25, -0.2) is 4.99 Å². The summed E-state index contributed by atoms with van der Waals surface area (Å²) in [6.45, 7) is 12.1. The van der Waals surface area contributed by atoms with Crippen LogP contribution in [0, 0.1) is 5.41 Å². The summed E-state index contributed by atoms with van der Waals surface area (Å²) in [5.41, 5.74) is 3.33. The molecule has 30 heavy (non-hydrogen) atoms. The average Bonchev–Trinajstić information content (AvgIpc) is 3.07. The van der Waals surface area contributed by atoms with Gasteiger partial charge in [-0.05, 0) is 69.3 Å². The zero-order chi connectivity index (χ0) is 20.1. The van der Waals surface area contributed by atoms with E-state index in [4.69, 9.17) is 4.99 Å². The van der Waals surface area contributed by atoms with E-state index >= 15 is 0 Å². The van der Waals surface area contributed by atoms with Gasteiger partial charge in [-0.1, -0.05) is 30.7 Å². The SMILES string of the molecule is CCNC(=NCc1ccc(CN2CCCN(C)CC2)cc1)N1CCC2(CCC2)C1.I. The van der Waals surface area contributed by atoms with Crippen LogP contribution in [0.5, 0.6) is 0 Å². The molecule has 1 aliphatic carbocycles. The molecule has 1 N–H and O–H groups in total. The number of hydrogen-bond donors (Lipinski definition) is 1. The van der Waals surface area contributed by atoms with Crippen molar-refractivity contribution in [2.45, 2.75) is 52.1 Å². The van der Waals surface area contributed by atoms with Gasteiger partial charge in [0.2, 0.25) is 0 Å². The standard InChI is InChI=1S/C24H39N5.HI/c1-3-25-23(29-15-12-24(20-29)10-4-11-24)26-18-21-6-8-22(9-7-21)19-28-14-5-13-27(2)16-17-28;/h6-9H,3-5,10-20H2,1-2H3,(H,25,26);1H. The van der Waals surface area contributed by atoms with Gasteiger partial charge >= 0.3 is 0 Å². The van der Waals surface area contributed by atoms with Gasteiger partial charge in [0, 0.05) is 39.3 Å². The molecule has 0 aromatic heterocycles.